The van der Waals surface area contributed by atoms with Crippen LogP contribution in [0, 0.1) is 11.7 Å². The van der Waals surface area contributed by atoms with Crippen LogP contribution < -0.4 is 5.32 Å². The molecule has 3 aromatic rings. The maximum Gasteiger partial charge on any atom is 0.244 e. The first-order valence-corrected chi connectivity index (χ1v) is 8.46. The van der Waals surface area contributed by atoms with Gasteiger partial charge < -0.3 is 5.32 Å². The number of rotatable bonds is 4. The SMILES string of the molecule is Cc1ccc(Cl)cc1NC(=O)Cn1c(-c2cccs2)n[nH]c1=S. The molecule has 1 amide bonds. The van der Waals surface area contributed by atoms with Crippen molar-refractivity contribution < 1.29 is 4.79 Å². The Morgan fingerprint density at radius 1 is 1.48 bits per heavy atom. The molecule has 3 rings (SSSR count). The topological polar surface area (TPSA) is 62.7 Å². The molecule has 118 valence electrons. The van der Waals surface area contributed by atoms with Crippen molar-refractivity contribution in [1.82, 2.24) is 14.8 Å². The Bertz CT molecular complexity index is 899. The molecule has 2 heterocycles. The third kappa shape index (κ3) is 3.52. The highest BCUT2D eigenvalue weighted by molar-refractivity contribution is 7.71. The van der Waals surface area contributed by atoms with Gasteiger partial charge in [-0.15, -0.1) is 11.3 Å². The fraction of sp³-hybridized carbons (Fsp3) is 0.133. The number of nitrogens with zero attached hydrogens (tertiary/aromatic N) is 2. The van der Waals surface area contributed by atoms with Gasteiger partial charge in [0.15, 0.2) is 10.6 Å². The smallest absolute Gasteiger partial charge is 0.244 e. The van der Waals surface area contributed by atoms with Gasteiger partial charge in [0.1, 0.15) is 6.54 Å². The summed E-state index contributed by atoms with van der Waals surface area (Å²) in [4.78, 5) is 13.3. The Hall–Kier alpha value is -1.96. The van der Waals surface area contributed by atoms with Crippen molar-refractivity contribution in [2.75, 3.05) is 5.32 Å². The average molecular weight is 365 g/mol. The van der Waals surface area contributed by atoms with Crippen LogP contribution in [0.25, 0.3) is 10.7 Å². The molecule has 0 bridgehead atoms. The van der Waals surface area contributed by atoms with Gasteiger partial charge in [-0.2, -0.15) is 5.10 Å². The molecule has 1 aromatic carbocycles. The summed E-state index contributed by atoms with van der Waals surface area (Å²) in [6.07, 6.45) is 0. The number of anilines is 1. The third-order valence-electron chi connectivity index (χ3n) is 3.28. The molecule has 8 heteroatoms. The van der Waals surface area contributed by atoms with Gasteiger partial charge in [0.25, 0.3) is 0 Å². The van der Waals surface area contributed by atoms with Crippen molar-refractivity contribution in [2.45, 2.75) is 13.5 Å². The number of aryl methyl sites for hydroxylation is 1. The van der Waals surface area contributed by atoms with Crippen LogP contribution in [-0.4, -0.2) is 20.7 Å². The molecule has 0 aliphatic rings. The zero-order valence-corrected chi connectivity index (χ0v) is 14.6. The summed E-state index contributed by atoms with van der Waals surface area (Å²) in [6.45, 7) is 1.99. The lowest BCUT2D eigenvalue weighted by molar-refractivity contribution is -0.116. The van der Waals surface area contributed by atoms with Crippen molar-refractivity contribution in [1.29, 1.82) is 0 Å². The van der Waals surface area contributed by atoms with Gasteiger partial charge in [0.05, 0.1) is 4.88 Å². The van der Waals surface area contributed by atoms with E-state index >= 15 is 0 Å². The molecular weight excluding hydrogens is 352 g/mol. The van der Waals surface area contributed by atoms with Crippen molar-refractivity contribution in [3.63, 3.8) is 0 Å². The number of aromatic nitrogens is 3. The number of nitrogens with one attached hydrogen (secondary N) is 2. The van der Waals surface area contributed by atoms with Gasteiger partial charge in [0.2, 0.25) is 5.91 Å². The van der Waals surface area contributed by atoms with E-state index in [9.17, 15) is 4.79 Å². The normalized spacial score (nSPS) is 10.7. The van der Waals surface area contributed by atoms with Crippen LogP contribution in [0.15, 0.2) is 35.7 Å². The van der Waals surface area contributed by atoms with Gasteiger partial charge in [0, 0.05) is 10.7 Å². The van der Waals surface area contributed by atoms with Crippen LogP contribution in [-0.2, 0) is 11.3 Å². The van der Waals surface area contributed by atoms with Crippen LogP contribution >= 0.6 is 35.2 Å². The largest absolute Gasteiger partial charge is 0.324 e. The van der Waals surface area contributed by atoms with Crippen LogP contribution in [0.3, 0.4) is 0 Å². The minimum Gasteiger partial charge on any atom is -0.324 e. The summed E-state index contributed by atoms with van der Waals surface area (Å²) >= 11 is 12.7. The van der Waals surface area contributed by atoms with Gasteiger partial charge in [-0.25, -0.2) is 0 Å². The number of halogens is 1. The molecule has 23 heavy (non-hydrogen) atoms. The molecule has 2 N–H and O–H groups in total. The van der Waals surface area contributed by atoms with Crippen molar-refractivity contribution in [2.24, 2.45) is 0 Å². The minimum absolute atomic E-state index is 0.0779. The second-order valence-corrected chi connectivity index (χ2v) is 6.69. The number of hydrogen-bond acceptors (Lipinski definition) is 4. The van der Waals surface area contributed by atoms with Crippen molar-refractivity contribution in [3.8, 4) is 10.7 Å². The zero-order chi connectivity index (χ0) is 16.4. The predicted octanol–water partition coefficient (Wildman–Crippen LogP) is 4.27. The fourth-order valence-electron chi connectivity index (χ4n) is 2.12. The van der Waals surface area contributed by atoms with Gasteiger partial charge in [-0.3, -0.25) is 14.5 Å². The van der Waals surface area contributed by atoms with Gasteiger partial charge in [-0.05, 0) is 48.3 Å². The molecule has 0 aliphatic heterocycles. The average Bonchev–Trinajstić information content (AvgIpc) is 3.14. The number of thiophene rings is 1. The van der Waals surface area contributed by atoms with E-state index in [4.69, 9.17) is 23.8 Å². The number of hydrogen-bond donors (Lipinski definition) is 2. The minimum atomic E-state index is -0.189. The first-order valence-electron chi connectivity index (χ1n) is 6.79. The van der Waals surface area contributed by atoms with E-state index in [1.54, 1.807) is 28.0 Å². The third-order valence-corrected chi connectivity index (χ3v) is 4.69. The van der Waals surface area contributed by atoms with E-state index in [0.717, 1.165) is 10.4 Å². The molecule has 5 nitrogen and oxygen atoms in total. The Balaban J connectivity index is 1.83. The summed E-state index contributed by atoms with van der Waals surface area (Å²) in [5.41, 5.74) is 1.63. The van der Waals surface area contributed by atoms with Crippen LogP contribution in [0.2, 0.25) is 5.02 Å². The lowest BCUT2D eigenvalue weighted by atomic mass is 10.2. The monoisotopic (exact) mass is 364 g/mol. The molecule has 2 aromatic heterocycles. The number of carbonyl (C=O) groups excluding carboxylic acids is 1. The standard InChI is InChI=1S/C15H13ClN4OS2/c1-9-4-5-10(16)7-11(9)17-13(21)8-20-14(18-19-15(20)22)12-3-2-6-23-12/h2-7H,8H2,1H3,(H,17,21)(H,19,22). The summed E-state index contributed by atoms with van der Waals surface area (Å²) in [6, 6.07) is 9.23. The molecule has 0 saturated carbocycles. The van der Waals surface area contributed by atoms with E-state index in [-0.39, 0.29) is 12.5 Å². The maximum atomic E-state index is 12.4. The number of carbonyl (C=O) groups is 1. The first-order chi connectivity index (χ1) is 11.0. The zero-order valence-electron chi connectivity index (χ0n) is 12.2. The second kappa shape index (κ2) is 6.66. The molecule has 0 radical (unpaired) electrons. The van der Waals surface area contributed by atoms with E-state index in [0.29, 0.717) is 21.3 Å². The van der Waals surface area contributed by atoms with Gasteiger partial charge >= 0.3 is 0 Å². The quantitative estimate of drug-likeness (QED) is 0.679. The van der Waals surface area contributed by atoms with E-state index in [1.807, 2.05) is 30.5 Å². The fourth-order valence-corrected chi connectivity index (χ4v) is 3.21. The van der Waals surface area contributed by atoms with Gasteiger partial charge in [-0.1, -0.05) is 23.7 Å². The molecular formula is C15H13ClN4OS2. The number of aromatic amines is 1. The van der Waals surface area contributed by atoms with E-state index < -0.39 is 0 Å². The summed E-state index contributed by atoms with van der Waals surface area (Å²) in [7, 11) is 0. The maximum absolute atomic E-state index is 12.4. The predicted molar refractivity (Wildman–Crippen MR) is 95.5 cm³/mol. The first kappa shape index (κ1) is 15.9. The molecule has 0 spiro atoms. The van der Waals surface area contributed by atoms with Crippen LogP contribution in [0.4, 0.5) is 5.69 Å². The molecule has 0 saturated heterocycles. The Morgan fingerprint density at radius 3 is 3.04 bits per heavy atom. The molecule has 0 unspecified atom stereocenters. The van der Waals surface area contributed by atoms with Crippen LogP contribution in [0.1, 0.15) is 5.56 Å². The summed E-state index contributed by atoms with van der Waals surface area (Å²) in [5.74, 6) is 0.466. The lowest BCUT2D eigenvalue weighted by Crippen LogP contribution is -2.20. The van der Waals surface area contributed by atoms with Crippen LogP contribution in [0.5, 0.6) is 0 Å². The highest BCUT2D eigenvalue weighted by atomic mass is 35.5. The molecule has 0 atom stereocenters. The summed E-state index contributed by atoms with van der Waals surface area (Å²) in [5, 5.41) is 12.3. The number of benzene rings is 1. The number of amides is 1. The Morgan fingerprint density at radius 2 is 2.30 bits per heavy atom. The number of H-pyrrole nitrogens is 1. The van der Waals surface area contributed by atoms with Crippen molar-refractivity contribution in [3.05, 3.63) is 51.1 Å². The Kier molecular flexibility index (Phi) is 4.61. The Labute approximate surface area is 146 Å². The van der Waals surface area contributed by atoms with Crippen molar-refractivity contribution >= 4 is 46.8 Å². The highest BCUT2D eigenvalue weighted by Crippen LogP contribution is 2.23. The van der Waals surface area contributed by atoms with E-state index in [1.165, 1.54) is 0 Å². The second-order valence-electron chi connectivity index (χ2n) is 4.92. The van der Waals surface area contributed by atoms with E-state index in [2.05, 4.69) is 15.5 Å². The lowest BCUT2D eigenvalue weighted by Gasteiger charge is -2.10. The molecule has 0 aliphatic carbocycles. The summed E-state index contributed by atoms with van der Waals surface area (Å²) < 4.78 is 2.09. The molecule has 0 fully saturated rings. The highest BCUT2D eigenvalue weighted by Gasteiger charge is 2.13.